The highest BCUT2D eigenvalue weighted by atomic mass is 15.2. The van der Waals surface area contributed by atoms with Gasteiger partial charge in [0, 0.05) is 43.8 Å². The molecule has 0 amide bonds. The van der Waals surface area contributed by atoms with Crippen LogP contribution < -0.4 is 0 Å². The number of rotatable bonds is 4. The molecule has 3 aromatic heterocycles. The maximum atomic E-state index is 5.27. The van der Waals surface area contributed by atoms with Gasteiger partial charge in [0.15, 0.2) is 11.6 Å². The van der Waals surface area contributed by atoms with Crippen molar-refractivity contribution in [1.82, 2.24) is 24.1 Å². The van der Waals surface area contributed by atoms with E-state index in [-0.39, 0.29) is 5.41 Å². The van der Waals surface area contributed by atoms with Crippen LogP contribution >= 0.6 is 0 Å². The standard InChI is InChI=1S/C50H35N5/c1-2-15-32(16-3-1)47-51-48(53-49(52-47)55-44-25-10-5-20-36(44)37-21-6-11-26-45(37)55)33-17-14-18-34(29-33)54-43-24-9-7-22-38(43)40-30-39-35-19-4-8-23-41(35)50(27-12-13-28-50)42(39)31-46(40)54/h1-11,14-26,29-31H,12-13,27-28H2. The number of hydrogen-bond acceptors (Lipinski definition) is 3. The SMILES string of the molecule is c1ccc(-c2nc(-c3cccc(-n4c5ccccc5c5cc6c(cc54)C4(CCCC4)c4ccccc4-6)c3)nc(-n3c4ccccc4c4ccccc43)n2)cc1. The minimum atomic E-state index is 0.0885. The van der Waals surface area contributed by atoms with Crippen LogP contribution in [0.5, 0.6) is 0 Å². The second-order valence-electron chi connectivity index (χ2n) is 15.2. The molecule has 2 aliphatic carbocycles. The average molecular weight is 706 g/mol. The second kappa shape index (κ2) is 11.6. The molecular formula is C50H35N5. The summed E-state index contributed by atoms with van der Waals surface area (Å²) in [6.07, 6.45) is 4.94. The first-order chi connectivity index (χ1) is 27.2. The zero-order valence-corrected chi connectivity index (χ0v) is 30.2. The number of hydrogen-bond donors (Lipinski definition) is 0. The van der Waals surface area contributed by atoms with Gasteiger partial charge in [-0.05, 0) is 77.6 Å². The lowest BCUT2D eigenvalue weighted by Crippen LogP contribution is -2.20. The van der Waals surface area contributed by atoms with Crippen LogP contribution in [0.1, 0.15) is 36.8 Å². The van der Waals surface area contributed by atoms with E-state index in [1.807, 2.05) is 18.2 Å². The molecule has 7 aromatic carbocycles. The van der Waals surface area contributed by atoms with Crippen molar-refractivity contribution in [2.24, 2.45) is 0 Å². The molecular weight excluding hydrogens is 671 g/mol. The lowest BCUT2D eigenvalue weighted by molar-refractivity contribution is 0.550. The van der Waals surface area contributed by atoms with Gasteiger partial charge in [-0.2, -0.15) is 9.97 Å². The fourth-order valence-electron chi connectivity index (χ4n) is 9.94. The normalized spacial score (nSPS) is 14.4. The Morgan fingerprint density at radius 3 is 1.71 bits per heavy atom. The summed E-state index contributed by atoms with van der Waals surface area (Å²) >= 11 is 0. The smallest absolute Gasteiger partial charge is 0.238 e. The first kappa shape index (κ1) is 30.6. The topological polar surface area (TPSA) is 48.5 Å². The van der Waals surface area contributed by atoms with Crippen LogP contribution in [0.2, 0.25) is 0 Å². The Morgan fingerprint density at radius 2 is 0.982 bits per heavy atom. The van der Waals surface area contributed by atoms with E-state index in [0.29, 0.717) is 17.6 Å². The minimum absolute atomic E-state index is 0.0885. The predicted octanol–water partition coefficient (Wildman–Crippen LogP) is 12.2. The van der Waals surface area contributed by atoms with Crippen molar-refractivity contribution in [3.8, 4) is 45.5 Å². The summed E-state index contributed by atoms with van der Waals surface area (Å²) in [5.74, 6) is 1.87. The van der Waals surface area contributed by atoms with Crippen LogP contribution in [0.25, 0.3) is 89.2 Å². The number of nitrogens with zero attached hydrogens (tertiary/aromatic N) is 5. The van der Waals surface area contributed by atoms with E-state index in [1.54, 1.807) is 0 Å². The van der Waals surface area contributed by atoms with E-state index in [2.05, 4.69) is 155 Å². The summed E-state index contributed by atoms with van der Waals surface area (Å²) in [6, 6.07) is 58.9. The molecule has 0 bridgehead atoms. The third-order valence-electron chi connectivity index (χ3n) is 12.3. The van der Waals surface area contributed by atoms with Gasteiger partial charge in [0.1, 0.15) is 0 Å². The van der Waals surface area contributed by atoms with E-state index >= 15 is 0 Å². The van der Waals surface area contributed by atoms with E-state index < -0.39 is 0 Å². The molecule has 1 saturated carbocycles. The Labute approximate surface area is 318 Å². The third-order valence-corrected chi connectivity index (χ3v) is 12.3. The summed E-state index contributed by atoms with van der Waals surface area (Å²) in [7, 11) is 0. The van der Waals surface area contributed by atoms with Gasteiger partial charge < -0.3 is 4.57 Å². The van der Waals surface area contributed by atoms with Gasteiger partial charge in [0.25, 0.3) is 0 Å². The van der Waals surface area contributed by atoms with Crippen molar-refractivity contribution in [2.45, 2.75) is 31.1 Å². The number of aromatic nitrogens is 5. The molecule has 0 unspecified atom stereocenters. The lowest BCUT2D eigenvalue weighted by atomic mass is 9.76. The largest absolute Gasteiger partial charge is 0.309 e. The van der Waals surface area contributed by atoms with Crippen LogP contribution in [-0.2, 0) is 5.41 Å². The van der Waals surface area contributed by atoms with Crippen molar-refractivity contribution in [3.63, 3.8) is 0 Å². The van der Waals surface area contributed by atoms with Gasteiger partial charge in [-0.15, -0.1) is 0 Å². The van der Waals surface area contributed by atoms with Gasteiger partial charge in [0.05, 0.1) is 22.1 Å². The van der Waals surface area contributed by atoms with E-state index in [9.17, 15) is 0 Å². The predicted molar refractivity (Wildman–Crippen MR) is 224 cm³/mol. The first-order valence-corrected chi connectivity index (χ1v) is 19.3. The lowest BCUT2D eigenvalue weighted by Gasteiger charge is -2.26. The molecule has 2 aliphatic rings. The monoisotopic (exact) mass is 705 g/mol. The Hall–Kier alpha value is -6.85. The molecule has 5 heteroatoms. The zero-order chi connectivity index (χ0) is 36.1. The molecule has 0 aliphatic heterocycles. The summed E-state index contributed by atoms with van der Waals surface area (Å²) in [5, 5.41) is 4.88. The van der Waals surface area contributed by atoms with Gasteiger partial charge in [-0.3, -0.25) is 4.57 Å². The molecule has 0 radical (unpaired) electrons. The number of fused-ring (bicyclic) bond motifs is 11. The Bertz CT molecular complexity index is 3110. The highest BCUT2D eigenvalue weighted by Gasteiger charge is 2.45. The zero-order valence-electron chi connectivity index (χ0n) is 30.2. The van der Waals surface area contributed by atoms with Crippen LogP contribution in [-0.4, -0.2) is 24.1 Å². The van der Waals surface area contributed by atoms with E-state index in [1.165, 1.54) is 80.5 Å². The van der Waals surface area contributed by atoms with Crippen molar-refractivity contribution in [3.05, 3.63) is 175 Å². The number of para-hydroxylation sites is 3. The van der Waals surface area contributed by atoms with Crippen molar-refractivity contribution < 1.29 is 0 Å². The summed E-state index contributed by atoms with van der Waals surface area (Å²) in [5.41, 5.74) is 13.4. The molecule has 3 heterocycles. The summed E-state index contributed by atoms with van der Waals surface area (Å²) in [6.45, 7) is 0. The average Bonchev–Trinajstić information content (AvgIpc) is 4.02. The molecule has 0 saturated heterocycles. The van der Waals surface area contributed by atoms with E-state index in [0.717, 1.165) is 27.8 Å². The first-order valence-electron chi connectivity index (χ1n) is 19.3. The molecule has 0 atom stereocenters. The van der Waals surface area contributed by atoms with Crippen molar-refractivity contribution >= 4 is 43.6 Å². The molecule has 1 spiro atoms. The molecule has 1 fully saturated rings. The maximum absolute atomic E-state index is 5.27. The molecule has 55 heavy (non-hydrogen) atoms. The van der Waals surface area contributed by atoms with Crippen LogP contribution in [0.15, 0.2) is 164 Å². The van der Waals surface area contributed by atoms with E-state index in [4.69, 9.17) is 15.0 Å². The molecule has 0 N–H and O–H groups in total. The Morgan fingerprint density at radius 1 is 0.400 bits per heavy atom. The molecule has 10 aromatic rings. The van der Waals surface area contributed by atoms with Crippen molar-refractivity contribution in [1.29, 1.82) is 0 Å². The molecule has 12 rings (SSSR count). The highest BCUT2D eigenvalue weighted by Crippen LogP contribution is 2.58. The second-order valence-corrected chi connectivity index (χ2v) is 15.2. The van der Waals surface area contributed by atoms with Crippen LogP contribution in [0.3, 0.4) is 0 Å². The summed E-state index contributed by atoms with van der Waals surface area (Å²) < 4.78 is 4.63. The van der Waals surface area contributed by atoms with Crippen molar-refractivity contribution in [2.75, 3.05) is 0 Å². The fraction of sp³-hybridized carbons (Fsp3) is 0.100. The van der Waals surface area contributed by atoms with Gasteiger partial charge in [-0.25, -0.2) is 4.98 Å². The fourth-order valence-corrected chi connectivity index (χ4v) is 9.94. The maximum Gasteiger partial charge on any atom is 0.238 e. The van der Waals surface area contributed by atoms with Crippen LogP contribution in [0, 0.1) is 0 Å². The Balaban J connectivity index is 1.09. The Kier molecular flexibility index (Phi) is 6.44. The molecule has 5 nitrogen and oxygen atoms in total. The summed E-state index contributed by atoms with van der Waals surface area (Å²) in [4.78, 5) is 15.6. The highest BCUT2D eigenvalue weighted by molar-refractivity contribution is 6.12. The van der Waals surface area contributed by atoms with Gasteiger partial charge >= 0.3 is 0 Å². The minimum Gasteiger partial charge on any atom is -0.309 e. The van der Waals surface area contributed by atoms with Gasteiger partial charge in [0.2, 0.25) is 5.95 Å². The number of benzene rings is 7. The van der Waals surface area contributed by atoms with Gasteiger partial charge in [-0.1, -0.05) is 134 Å². The molecule has 260 valence electrons. The third kappa shape index (κ3) is 4.38. The van der Waals surface area contributed by atoms with Crippen LogP contribution in [0.4, 0.5) is 0 Å². The quantitative estimate of drug-likeness (QED) is 0.183.